The molecule has 0 unspecified atom stereocenters. The number of halogens is 4. The number of aromatic nitrogens is 1. The van der Waals surface area contributed by atoms with Crippen molar-refractivity contribution in [1.29, 1.82) is 0 Å². The molecule has 2 N–H and O–H groups in total. The number of pyridine rings is 1. The molecular weight excluding hydrogens is 362 g/mol. The summed E-state index contributed by atoms with van der Waals surface area (Å²) in [5.74, 6) is 0. The van der Waals surface area contributed by atoms with Crippen LogP contribution in [0.15, 0.2) is 20.2 Å². The second kappa shape index (κ2) is 4.40. The Bertz CT molecular complexity index is 492. The average Bonchev–Trinajstić information content (AvgIpc) is 2.00. The highest BCUT2D eigenvalue weighted by Crippen LogP contribution is 2.35. The van der Waals surface area contributed by atoms with Crippen LogP contribution in [0.3, 0.4) is 0 Å². The van der Waals surface area contributed by atoms with E-state index in [4.69, 9.17) is 5.14 Å². The molecule has 0 saturated carbocycles. The Labute approximate surface area is 101 Å². The van der Waals surface area contributed by atoms with E-state index in [1.807, 2.05) is 0 Å². The molecule has 15 heavy (non-hydrogen) atoms. The van der Waals surface area contributed by atoms with E-state index in [-0.39, 0.29) is 9.08 Å². The fourth-order valence-corrected chi connectivity index (χ4v) is 3.29. The van der Waals surface area contributed by atoms with E-state index in [1.165, 1.54) is 0 Å². The van der Waals surface area contributed by atoms with Crippen LogP contribution in [-0.4, -0.2) is 13.4 Å². The Morgan fingerprint density at radius 1 is 1.40 bits per heavy atom. The lowest BCUT2D eigenvalue weighted by Gasteiger charge is -2.08. The maximum Gasteiger partial charge on any atom is 0.267 e. The van der Waals surface area contributed by atoms with Crippen LogP contribution in [-0.2, 0) is 10.0 Å². The lowest BCUT2D eigenvalue weighted by molar-refractivity contribution is 0.148. The van der Waals surface area contributed by atoms with Crippen LogP contribution in [0.4, 0.5) is 8.78 Å². The minimum absolute atomic E-state index is 0.128. The van der Waals surface area contributed by atoms with Crippen molar-refractivity contribution >= 4 is 41.9 Å². The Morgan fingerprint density at radius 3 is 2.33 bits per heavy atom. The van der Waals surface area contributed by atoms with Gasteiger partial charge in [-0.2, -0.15) is 0 Å². The highest BCUT2D eigenvalue weighted by molar-refractivity contribution is 9.11. The lowest BCUT2D eigenvalue weighted by atomic mass is 10.3. The van der Waals surface area contributed by atoms with Crippen LogP contribution < -0.4 is 5.14 Å². The molecule has 0 spiro atoms. The molecule has 0 saturated heterocycles. The topological polar surface area (TPSA) is 73.1 Å². The number of nitrogens with two attached hydrogens (primary N) is 1. The fraction of sp³-hybridized carbons (Fsp3) is 0.167. The van der Waals surface area contributed by atoms with E-state index >= 15 is 0 Å². The van der Waals surface area contributed by atoms with E-state index in [2.05, 4.69) is 36.8 Å². The first-order valence-electron chi connectivity index (χ1n) is 3.40. The summed E-state index contributed by atoms with van der Waals surface area (Å²) in [5, 5.41) is 4.82. The van der Waals surface area contributed by atoms with Crippen molar-refractivity contribution in [1.82, 2.24) is 4.98 Å². The van der Waals surface area contributed by atoms with Gasteiger partial charge in [-0.05, 0) is 31.9 Å². The first kappa shape index (κ1) is 12.9. The van der Waals surface area contributed by atoms with Crippen molar-refractivity contribution in [2.24, 2.45) is 5.14 Å². The zero-order valence-electron chi connectivity index (χ0n) is 6.92. The molecule has 0 amide bonds. The van der Waals surface area contributed by atoms with Gasteiger partial charge in [-0.1, -0.05) is 0 Å². The standard InChI is InChI=1S/C6H4Br2F2N2O2S/c7-4-2(15(11,13)14)1-12-5(8)3(4)6(9)10/h1,6H,(H2,11,13,14). The molecule has 0 radical (unpaired) electrons. The smallest absolute Gasteiger partial charge is 0.247 e. The van der Waals surface area contributed by atoms with E-state index in [0.29, 0.717) is 0 Å². The predicted octanol–water partition coefficient (Wildman–Crippen LogP) is 2.19. The van der Waals surface area contributed by atoms with Gasteiger partial charge in [-0.15, -0.1) is 0 Å². The van der Waals surface area contributed by atoms with Gasteiger partial charge in [-0.25, -0.2) is 27.3 Å². The Morgan fingerprint density at radius 2 is 1.93 bits per heavy atom. The van der Waals surface area contributed by atoms with Crippen LogP contribution in [0, 0.1) is 0 Å². The third-order valence-electron chi connectivity index (χ3n) is 1.49. The molecule has 0 aromatic carbocycles. The molecule has 0 aliphatic rings. The molecule has 84 valence electrons. The highest BCUT2D eigenvalue weighted by atomic mass is 79.9. The number of hydrogen-bond donors (Lipinski definition) is 1. The third kappa shape index (κ3) is 2.71. The summed E-state index contributed by atoms with van der Waals surface area (Å²) in [6, 6.07) is 0. The van der Waals surface area contributed by atoms with Crippen molar-refractivity contribution < 1.29 is 17.2 Å². The van der Waals surface area contributed by atoms with Gasteiger partial charge in [0, 0.05) is 6.20 Å². The van der Waals surface area contributed by atoms with Crippen LogP contribution in [0.2, 0.25) is 0 Å². The summed E-state index contributed by atoms with van der Waals surface area (Å²) >= 11 is 5.55. The zero-order chi connectivity index (χ0) is 11.8. The van der Waals surface area contributed by atoms with Gasteiger partial charge >= 0.3 is 0 Å². The molecule has 9 heteroatoms. The zero-order valence-corrected chi connectivity index (χ0v) is 10.9. The lowest BCUT2D eigenvalue weighted by Crippen LogP contribution is -2.14. The van der Waals surface area contributed by atoms with Crippen LogP contribution in [0.1, 0.15) is 12.0 Å². The average molecular weight is 366 g/mol. The first-order chi connectivity index (χ1) is 6.75. The summed E-state index contributed by atoms with van der Waals surface area (Å²) in [7, 11) is -4.07. The van der Waals surface area contributed by atoms with E-state index in [1.54, 1.807) is 0 Å². The molecule has 0 fully saturated rings. The van der Waals surface area contributed by atoms with E-state index < -0.39 is 26.9 Å². The maximum atomic E-state index is 12.5. The first-order valence-corrected chi connectivity index (χ1v) is 6.53. The predicted molar refractivity (Wildman–Crippen MR) is 56.0 cm³/mol. The molecule has 1 aromatic heterocycles. The molecule has 0 bridgehead atoms. The van der Waals surface area contributed by atoms with Crippen molar-refractivity contribution in [2.45, 2.75) is 11.3 Å². The second-order valence-corrected chi connectivity index (χ2v) is 5.56. The van der Waals surface area contributed by atoms with Crippen molar-refractivity contribution in [3.8, 4) is 0 Å². The monoisotopic (exact) mass is 364 g/mol. The van der Waals surface area contributed by atoms with Gasteiger partial charge in [0.25, 0.3) is 6.43 Å². The number of alkyl halides is 2. The third-order valence-corrected chi connectivity index (χ3v) is 4.17. The van der Waals surface area contributed by atoms with Gasteiger partial charge in [0.05, 0.1) is 10.0 Å². The van der Waals surface area contributed by atoms with Crippen LogP contribution >= 0.6 is 31.9 Å². The van der Waals surface area contributed by atoms with Gasteiger partial charge in [0.2, 0.25) is 10.0 Å². The molecule has 0 aliphatic carbocycles. The number of sulfonamides is 1. The summed E-state index contributed by atoms with van der Waals surface area (Å²) in [4.78, 5) is 3.00. The SMILES string of the molecule is NS(=O)(=O)c1cnc(Br)c(C(F)F)c1Br. The van der Waals surface area contributed by atoms with E-state index in [9.17, 15) is 17.2 Å². The Hall–Kier alpha value is -0.120. The molecule has 1 aromatic rings. The summed E-state index contributed by atoms with van der Waals surface area (Å²) in [5.41, 5.74) is -0.540. The number of nitrogens with zero attached hydrogens (tertiary/aromatic N) is 1. The van der Waals surface area contributed by atoms with Gasteiger partial charge < -0.3 is 0 Å². The summed E-state index contributed by atoms with van der Waals surface area (Å²) in [6.07, 6.45) is -1.96. The quantitative estimate of drug-likeness (QED) is 0.816. The molecule has 1 rings (SSSR count). The number of hydrogen-bond acceptors (Lipinski definition) is 3. The molecular formula is C6H4Br2F2N2O2S. The normalized spacial score (nSPS) is 12.1. The fourth-order valence-electron chi connectivity index (χ4n) is 0.849. The molecule has 4 nitrogen and oxygen atoms in total. The minimum Gasteiger partial charge on any atom is -0.247 e. The van der Waals surface area contributed by atoms with Crippen LogP contribution in [0.25, 0.3) is 0 Å². The van der Waals surface area contributed by atoms with Crippen molar-refractivity contribution in [3.63, 3.8) is 0 Å². The van der Waals surface area contributed by atoms with Gasteiger partial charge in [0.1, 0.15) is 9.50 Å². The highest BCUT2D eigenvalue weighted by Gasteiger charge is 2.23. The Kier molecular flexibility index (Phi) is 3.80. The van der Waals surface area contributed by atoms with Gasteiger partial charge in [-0.3, -0.25) is 0 Å². The summed E-state index contributed by atoms with van der Waals surface area (Å²) in [6.45, 7) is 0. The van der Waals surface area contributed by atoms with Gasteiger partial charge in [0.15, 0.2) is 0 Å². The second-order valence-electron chi connectivity index (χ2n) is 2.49. The largest absolute Gasteiger partial charge is 0.267 e. The van der Waals surface area contributed by atoms with Crippen LogP contribution in [0.5, 0.6) is 0 Å². The number of rotatable bonds is 2. The maximum absolute atomic E-state index is 12.5. The minimum atomic E-state index is -4.07. The van der Waals surface area contributed by atoms with Crippen molar-refractivity contribution in [3.05, 3.63) is 20.8 Å². The van der Waals surface area contributed by atoms with Crippen molar-refractivity contribution in [2.75, 3.05) is 0 Å². The summed E-state index contributed by atoms with van der Waals surface area (Å²) < 4.78 is 46.6. The van der Waals surface area contributed by atoms with E-state index in [0.717, 1.165) is 6.20 Å². The molecule has 0 atom stereocenters. The Balaban J connectivity index is 3.56. The molecule has 0 aliphatic heterocycles. The number of primary sulfonamides is 1. The molecule has 1 heterocycles.